The van der Waals surface area contributed by atoms with Crippen LogP contribution in [0.4, 0.5) is 16.2 Å². The largest absolute Gasteiger partial charge is 0.399 e. The average Bonchev–Trinajstić information content (AvgIpc) is 2.21. The molecule has 0 aliphatic rings. The number of nitrogens with one attached hydrogen (secondary N) is 2. The van der Waals surface area contributed by atoms with Crippen molar-refractivity contribution < 1.29 is 9.59 Å². The molecular formula is C10H14N4O2. The van der Waals surface area contributed by atoms with E-state index < -0.39 is 18.0 Å². The molecule has 0 saturated heterocycles. The maximum atomic E-state index is 11.4. The van der Waals surface area contributed by atoms with E-state index in [4.69, 9.17) is 11.5 Å². The quantitative estimate of drug-likeness (QED) is 0.550. The van der Waals surface area contributed by atoms with Crippen LogP contribution < -0.4 is 22.1 Å². The third-order valence-electron chi connectivity index (χ3n) is 1.94. The van der Waals surface area contributed by atoms with Crippen LogP contribution in [-0.4, -0.2) is 18.0 Å². The minimum atomic E-state index is -0.714. The molecule has 0 radical (unpaired) electrons. The summed E-state index contributed by atoms with van der Waals surface area (Å²) in [4.78, 5) is 22.0. The highest BCUT2D eigenvalue weighted by molar-refractivity contribution is 5.93. The number of carbonyl (C=O) groups is 2. The Kier molecular flexibility index (Phi) is 3.71. The van der Waals surface area contributed by atoms with E-state index in [2.05, 4.69) is 10.6 Å². The van der Waals surface area contributed by atoms with E-state index in [1.807, 2.05) is 0 Å². The third-order valence-corrected chi connectivity index (χ3v) is 1.94. The van der Waals surface area contributed by atoms with Gasteiger partial charge in [-0.25, -0.2) is 4.79 Å². The Morgan fingerprint density at radius 2 is 1.81 bits per heavy atom. The fourth-order valence-corrected chi connectivity index (χ4v) is 1.00. The van der Waals surface area contributed by atoms with Gasteiger partial charge in [-0.05, 0) is 31.2 Å². The summed E-state index contributed by atoms with van der Waals surface area (Å²) in [6.45, 7) is 1.50. The van der Waals surface area contributed by atoms with Crippen LogP contribution in [-0.2, 0) is 4.79 Å². The van der Waals surface area contributed by atoms with E-state index in [9.17, 15) is 9.59 Å². The normalized spacial score (nSPS) is 11.6. The summed E-state index contributed by atoms with van der Waals surface area (Å²) in [6, 6.07) is 5.43. The number of primary amides is 1. The Hall–Kier alpha value is -2.24. The zero-order valence-corrected chi connectivity index (χ0v) is 8.86. The second kappa shape index (κ2) is 5.01. The van der Waals surface area contributed by atoms with Crippen LogP contribution in [0.2, 0.25) is 0 Å². The molecular weight excluding hydrogens is 208 g/mol. The van der Waals surface area contributed by atoms with Gasteiger partial charge in [-0.3, -0.25) is 4.79 Å². The molecule has 3 amide bonds. The summed E-state index contributed by atoms with van der Waals surface area (Å²) in [5.41, 5.74) is 11.7. The zero-order valence-electron chi connectivity index (χ0n) is 8.86. The fraction of sp³-hybridized carbons (Fsp3) is 0.200. The van der Waals surface area contributed by atoms with E-state index in [0.29, 0.717) is 11.4 Å². The first kappa shape index (κ1) is 11.8. The fourth-order valence-electron chi connectivity index (χ4n) is 1.00. The Labute approximate surface area is 93.0 Å². The number of rotatable bonds is 3. The highest BCUT2D eigenvalue weighted by Crippen LogP contribution is 2.09. The van der Waals surface area contributed by atoms with Crippen LogP contribution in [0.1, 0.15) is 6.92 Å². The summed E-state index contributed by atoms with van der Waals surface area (Å²) in [5, 5.41) is 4.93. The van der Waals surface area contributed by atoms with Gasteiger partial charge in [0.1, 0.15) is 6.04 Å². The first-order valence-corrected chi connectivity index (χ1v) is 4.71. The molecule has 6 heteroatoms. The average molecular weight is 222 g/mol. The molecule has 6 nitrogen and oxygen atoms in total. The molecule has 1 unspecified atom stereocenters. The second-order valence-electron chi connectivity index (χ2n) is 3.34. The van der Waals surface area contributed by atoms with Gasteiger partial charge >= 0.3 is 6.03 Å². The predicted octanol–water partition coefficient (Wildman–Crippen LogP) is 0.264. The van der Waals surface area contributed by atoms with Gasteiger partial charge < -0.3 is 22.1 Å². The van der Waals surface area contributed by atoms with Gasteiger partial charge in [0.15, 0.2) is 0 Å². The maximum absolute atomic E-state index is 11.4. The van der Waals surface area contributed by atoms with Crippen LogP contribution in [0, 0.1) is 0 Å². The van der Waals surface area contributed by atoms with Crippen LogP contribution in [0.25, 0.3) is 0 Å². The molecule has 0 saturated carbocycles. The molecule has 0 heterocycles. The topological polar surface area (TPSA) is 110 Å². The lowest BCUT2D eigenvalue weighted by molar-refractivity contribution is -0.119. The first-order valence-electron chi connectivity index (χ1n) is 4.71. The number of anilines is 2. The molecule has 0 aromatic heterocycles. The summed E-state index contributed by atoms with van der Waals surface area (Å²) in [5.74, 6) is -0.590. The van der Waals surface area contributed by atoms with Crippen LogP contribution in [0.3, 0.4) is 0 Å². The number of hydrogen-bond donors (Lipinski definition) is 4. The lowest BCUT2D eigenvalue weighted by Gasteiger charge is -2.11. The molecule has 0 fully saturated rings. The van der Waals surface area contributed by atoms with Crippen LogP contribution in [0.15, 0.2) is 24.3 Å². The van der Waals surface area contributed by atoms with Crippen molar-refractivity contribution in [2.45, 2.75) is 13.0 Å². The number of benzene rings is 1. The summed E-state index contributed by atoms with van der Waals surface area (Å²) >= 11 is 0. The number of hydrogen-bond acceptors (Lipinski definition) is 3. The molecule has 1 aromatic carbocycles. The molecule has 1 aromatic rings. The monoisotopic (exact) mass is 222 g/mol. The van der Waals surface area contributed by atoms with Crippen molar-refractivity contribution >= 4 is 23.3 Å². The Morgan fingerprint density at radius 3 is 2.31 bits per heavy atom. The van der Waals surface area contributed by atoms with E-state index in [1.54, 1.807) is 24.3 Å². The van der Waals surface area contributed by atoms with E-state index in [0.717, 1.165) is 0 Å². The highest BCUT2D eigenvalue weighted by Gasteiger charge is 2.11. The number of amides is 3. The molecule has 16 heavy (non-hydrogen) atoms. The minimum Gasteiger partial charge on any atom is -0.399 e. The van der Waals surface area contributed by atoms with Gasteiger partial charge in [-0.15, -0.1) is 0 Å². The van der Waals surface area contributed by atoms with Gasteiger partial charge in [0.25, 0.3) is 0 Å². The SMILES string of the molecule is CC(NC(=O)Nc1ccc(N)cc1)C(N)=O. The Morgan fingerprint density at radius 1 is 1.25 bits per heavy atom. The van der Waals surface area contributed by atoms with Gasteiger partial charge in [-0.2, -0.15) is 0 Å². The molecule has 86 valence electrons. The first-order chi connectivity index (χ1) is 7.49. The molecule has 0 aliphatic heterocycles. The van der Waals surface area contributed by atoms with Gasteiger partial charge in [-0.1, -0.05) is 0 Å². The number of urea groups is 1. The van der Waals surface area contributed by atoms with Gasteiger partial charge in [0.05, 0.1) is 0 Å². The standard InChI is InChI=1S/C10H14N4O2/c1-6(9(12)15)13-10(16)14-8-4-2-7(11)3-5-8/h2-6H,11H2,1H3,(H2,12,15)(H2,13,14,16). The van der Waals surface area contributed by atoms with Crippen LogP contribution in [0.5, 0.6) is 0 Å². The van der Waals surface area contributed by atoms with Crippen molar-refractivity contribution in [3.05, 3.63) is 24.3 Å². The summed E-state index contributed by atoms with van der Waals surface area (Å²) < 4.78 is 0. The van der Waals surface area contributed by atoms with E-state index in [1.165, 1.54) is 6.92 Å². The van der Waals surface area contributed by atoms with Crippen LogP contribution >= 0.6 is 0 Å². The predicted molar refractivity (Wildman–Crippen MR) is 61.7 cm³/mol. The lowest BCUT2D eigenvalue weighted by atomic mass is 10.3. The second-order valence-corrected chi connectivity index (χ2v) is 3.34. The molecule has 1 atom stereocenters. The highest BCUT2D eigenvalue weighted by atomic mass is 16.2. The minimum absolute atomic E-state index is 0.490. The van der Waals surface area contributed by atoms with Gasteiger partial charge in [0.2, 0.25) is 5.91 Å². The Bertz CT molecular complexity index is 388. The Balaban J connectivity index is 2.52. The number of nitrogen functional groups attached to an aromatic ring is 1. The molecule has 6 N–H and O–H groups in total. The van der Waals surface area contributed by atoms with Gasteiger partial charge in [0, 0.05) is 11.4 Å². The molecule has 0 spiro atoms. The van der Waals surface area contributed by atoms with E-state index >= 15 is 0 Å². The zero-order chi connectivity index (χ0) is 12.1. The number of carbonyl (C=O) groups excluding carboxylic acids is 2. The number of nitrogens with two attached hydrogens (primary N) is 2. The lowest BCUT2D eigenvalue weighted by Crippen LogP contribution is -2.44. The maximum Gasteiger partial charge on any atom is 0.319 e. The van der Waals surface area contributed by atoms with Crippen molar-refractivity contribution in [1.82, 2.24) is 5.32 Å². The smallest absolute Gasteiger partial charge is 0.319 e. The van der Waals surface area contributed by atoms with Crippen molar-refractivity contribution in [3.63, 3.8) is 0 Å². The van der Waals surface area contributed by atoms with E-state index in [-0.39, 0.29) is 0 Å². The molecule has 0 bridgehead atoms. The summed E-state index contributed by atoms with van der Waals surface area (Å²) in [6.07, 6.45) is 0. The molecule has 1 rings (SSSR count). The van der Waals surface area contributed by atoms with Crippen molar-refractivity contribution in [2.75, 3.05) is 11.1 Å². The summed E-state index contributed by atoms with van der Waals surface area (Å²) in [7, 11) is 0. The molecule has 0 aliphatic carbocycles. The van der Waals surface area contributed by atoms with Crippen molar-refractivity contribution in [3.8, 4) is 0 Å². The van der Waals surface area contributed by atoms with Crippen molar-refractivity contribution in [2.24, 2.45) is 5.73 Å². The van der Waals surface area contributed by atoms with Crippen molar-refractivity contribution in [1.29, 1.82) is 0 Å². The third kappa shape index (κ3) is 3.49.